The first-order valence-corrected chi connectivity index (χ1v) is 6.78. The second kappa shape index (κ2) is 4.53. The van der Waals surface area contributed by atoms with Crippen LogP contribution in [-0.4, -0.2) is 37.0 Å². The Balaban J connectivity index is 2.33. The molecule has 0 radical (unpaired) electrons. The maximum Gasteiger partial charge on any atom is 0.243 e. The van der Waals surface area contributed by atoms with Crippen LogP contribution in [0.2, 0.25) is 0 Å². The summed E-state index contributed by atoms with van der Waals surface area (Å²) >= 11 is 0. The van der Waals surface area contributed by atoms with Crippen molar-refractivity contribution < 1.29 is 13.5 Å². The van der Waals surface area contributed by atoms with E-state index in [0.717, 1.165) is 12.8 Å². The van der Waals surface area contributed by atoms with Gasteiger partial charge in [-0.05, 0) is 25.0 Å². The van der Waals surface area contributed by atoms with Crippen LogP contribution in [0.15, 0.2) is 35.2 Å². The first-order valence-electron chi connectivity index (χ1n) is 5.34. The smallest absolute Gasteiger partial charge is 0.243 e. The number of benzene rings is 1. The number of sulfonamides is 1. The van der Waals surface area contributed by atoms with E-state index >= 15 is 0 Å². The summed E-state index contributed by atoms with van der Waals surface area (Å²) in [6.07, 6.45) is 1.56. The molecule has 1 aromatic rings. The zero-order valence-corrected chi connectivity index (χ0v) is 9.73. The highest BCUT2D eigenvalue weighted by Crippen LogP contribution is 2.25. The highest BCUT2D eigenvalue weighted by Gasteiger charge is 2.34. The van der Waals surface area contributed by atoms with Crippen molar-refractivity contribution >= 4 is 10.0 Å². The van der Waals surface area contributed by atoms with Crippen LogP contribution >= 0.6 is 0 Å². The third-order valence-corrected chi connectivity index (χ3v) is 4.85. The minimum Gasteiger partial charge on any atom is -0.395 e. The summed E-state index contributed by atoms with van der Waals surface area (Å²) < 4.78 is 25.8. The van der Waals surface area contributed by atoms with Crippen LogP contribution in [0.25, 0.3) is 0 Å². The maximum absolute atomic E-state index is 12.2. The molecule has 0 aliphatic carbocycles. The molecule has 88 valence electrons. The van der Waals surface area contributed by atoms with Crippen molar-refractivity contribution in [3.8, 4) is 0 Å². The Bertz CT molecular complexity index is 444. The highest BCUT2D eigenvalue weighted by atomic mass is 32.2. The van der Waals surface area contributed by atoms with Crippen molar-refractivity contribution in [2.24, 2.45) is 0 Å². The lowest BCUT2D eigenvalue weighted by Crippen LogP contribution is -2.37. The SMILES string of the molecule is O=S(=O)(c1ccccc1)N1CCC[C@@H]1CO. The first kappa shape index (κ1) is 11.6. The quantitative estimate of drug-likeness (QED) is 0.853. The van der Waals surface area contributed by atoms with Gasteiger partial charge in [0, 0.05) is 12.6 Å². The Morgan fingerprint density at radius 3 is 2.62 bits per heavy atom. The van der Waals surface area contributed by atoms with Crippen LogP contribution < -0.4 is 0 Å². The first-order chi connectivity index (χ1) is 7.66. The topological polar surface area (TPSA) is 57.6 Å². The van der Waals surface area contributed by atoms with Gasteiger partial charge in [-0.15, -0.1) is 0 Å². The van der Waals surface area contributed by atoms with Gasteiger partial charge in [0.1, 0.15) is 0 Å². The van der Waals surface area contributed by atoms with Crippen LogP contribution in [0.4, 0.5) is 0 Å². The lowest BCUT2D eigenvalue weighted by molar-refractivity contribution is 0.213. The summed E-state index contributed by atoms with van der Waals surface area (Å²) in [7, 11) is -3.43. The summed E-state index contributed by atoms with van der Waals surface area (Å²) in [4.78, 5) is 0.301. The number of hydrogen-bond acceptors (Lipinski definition) is 3. The zero-order chi connectivity index (χ0) is 11.6. The molecule has 1 aliphatic rings. The molecule has 2 rings (SSSR count). The second-order valence-electron chi connectivity index (χ2n) is 3.91. The molecule has 1 heterocycles. The predicted molar refractivity (Wildman–Crippen MR) is 60.4 cm³/mol. The summed E-state index contributed by atoms with van der Waals surface area (Å²) in [5.41, 5.74) is 0. The largest absolute Gasteiger partial charge is 0.395 e. The standard InChI is InChI=1S/C11H15NO3S/c13-9-10-5-4-8-12(10)16(14,15)11-6-2-1-3-7-11/h1-3,6-7,10,13H,4-5,8-9H2/t10-/m1/s1. The van der Waals surface area contributed by atoms with E-state index in [1.807, 2.05) is 0 Å². The van der Waals surface area contributed by atoms with E-state index in [2.05, 4.69) is 0 Å². The van der Waals surface area contributed by atoms with E-state index in [0.29, 0.717) is 11.4 Å². The molecule has 0 saturated carbocycles. The van der Waals surface area contributed by atoms with Crippen molar-refractivity contribution in [1.82, 2.24) is 4.31 Å². The van der Waals surface area contributed by atoms with Gasteiger partial charge in [-0.1, -0.05) is 18.2 Å². The fourth-order valence-electron chi connectivity index (χ4n) is 2.04. The van der Waals surface area contributed by atoms with Gasteiger partial charge in [-0.2, -0.15) is 4.31 Å². The number of aliphatic hydroxyl groups is 1. The molecule has 0 amide bonds. The molecule has 0 spiro atoms. The Morgan fingerprint density at radius 1 is 1.31 bits per heavy atom. The van der Waals surface area contributed by atoms with Crippen LogP contribution in [0.1, 0.15) is 12.8 Å². The van der Waals surface area contributed by atoms with Gasteiger partial charge in [0.25, 0.3) is 0 Å². The van der Waals surface area contributed by atoms with Gasteiger partial charge in [-0.3, -0.25) is 0 Å². The molecular weight excluding hydrogens is 226 g/mol. The molecular formula is C11H15NO3S. The van der Waals surface area contributed by atoms with Crippen LogP contribution in [0, 0.1) is 0 Å². The number of nitrogens with zero attached hydrogens (tertiary/aromatic N) is 1. The molecule has 4 nitrogen and oxygen atoms in total. The van der Waals surface area contributed by atoms with E-state index in [1.165, 1.54) is 4.31 Å². The molecule has 16 heavy (non-hydrogen) atoms. The second-order valence-corrected chi connectivity index (χ2v) is 5.80. The summed E-state index contributed by atoms with van der Waals surface area (Å²) in [6, 6.07) is 8.11. The predicted octanol–water partition coefficient (Wildman–Crippen LogP) is 0.832. The molecule has 1 fully saturated rings. The average molecular weight is 241 g/mol. The summed E-state index contributed by atoms with van der Waals surface area (Å²) in [5.74, 6) is 0. The third-order valence-electron chi connectivity index (χ3n) is 2.88. The Labute approximate surface area is 95.6 Å². The molecule has 0 unspecified atom stereocenters. The lowest BCUT2D eigenvalue weighted by Gasteiger charge is -2.22. The van der Waals surface area contributed by atoms with Crippen LogP contribution in [0.3, 0.4) is 0 Å². The van der Waals surface area contributed by atoms with Crippen molar-refractivity contribution in [2.45, 2.75) is 23.8 Å². The molecule has 1 atom stereocenters. The minimum atomic E-state index is -3.43. The molecule has 1 saturated heterocycles. The fourth-order valence-corrected chi connectivity index (χ4v) is 3.74. The van der Waals surface area contributed by atoms with Gasteiger partial charge >= 0.3 is 0 Å². The fraction of sp³-hybridized carbons (Fsp3) is 0.455. The van der Waals surface area contributed by atoms with Crippen molar-refractivity contribution in [3.63, 3.8) is 0 Å². The van der Waals surface area contributed by atoms with Gasteiger partial charge in [-0.25, -0.2) is 8.42 Å². The van der Waals surface area contributed by atoms with Gasteiger partial charge in [0.2, 0.25) is 10.0 Å². The third kappa shape index (κ3) is 1.98. The maximum atomic E-state index is 12.2. The summed E-state index contributed by atoms with van der Waals surface area (Å²) in [5, 5.41) is 9.14. The number of aliphatic hydroxyl groups excluding tert-OH is 1. The monoisotopic (exact) mass is 241 g/mol. The van der Waals surface area contributed by atoms with E-state index in [4.69, 9.17) is 5.11 Å². The molecule has 1 aromatic carbocycles. The van der Waals surface area contributed by atoms with Crippen LogP contribution in [-0.2, 0) is 10.0 Å². The van der Waals surface area contributed by atoms with Crippen molar-refractivity contribution in [3.05, 3.63) is 30.3 Å². The zero-order valence-electron chi connectivity index (χ0n) is 8.91. The Morgan fingerprint density at radius 2 is 2.00 bits per heavy atom. The Hall–Kier alpha value is -0.910. The van der Waals surface area contributed by atoms with E-state index < -0.39 is 10.0 Å². The normalized spacial score (nSPS) is 22.4. The van der Waals surface area contributed by atoms with Crippen molar-refractivity contribution in [2.75, 3.05) is 13.2 Å². The van der Waals surface area contributed by atoms with E-state index in [9.17, 15) is 8.42 Å². The molecule has 5 heteroatoms. The van der Waals surface area contributed by atoms with Gasteiger partial charge < -0.3 is 5.11 Å². The van der Waals surface area contributed by atoms with Crippen LogP contribution in [0.5, 0.6) is 0 Å². The average Bonchev–Trinajstić information content (AvgIpc) is 2.79. The highest BCUT2D eigenvalue weighted by molar-refractivity contribution is 7.89. The Kier molecular flexibility index (Phi) is 3.28. The van der Waals surface area contributed by atoms with Crippen molar-refractivity contribution in [1.29, 1.82) is 0 Å². The lowest BCUT2D eigenvalue weighted by atomic mass is 10.2. The molecule has 0 bridgehead atoms. The summed E-state index contributed by atoms with van der Waals surface area (Å²) in [6.45, 7) is 0.397. The molecule has 0 aromatic heterocycles. The number of hydrogen-bond donors (Lipinski definition) is 1. The van der Waals surface area contributed by atoms with Gasteiger partial charge in [0.05, 0.1) is 11.5 Å². The molecule has 1 aliphatic heterocycles. The molecule has 1 N–H and O–H groups in total. The van der Waals surface area contributed by atoms with E-state index in [-0.39, 0.29) is 12.6 Å². The van der Waals surface area contributed by atoms with Gasteiger partial charge in [0.15, 0.2) is 0 Å². The minimum absolute atomic E-state index is 0.105. The number of rotatable bonds is 3. The van der Waals surface area contributed by atoms with E-state index in [1.54, 1.807) is 30.3 Å².